The number of nitrogens with one attached hydrogen (secondary N) is 2. The second-order valence-corrected chi connectivity index (χ2v) is 5.66. The van der Waals surface area contributed by atoms with Crippen molar-refractivity contribution >= 4 is 23.2 Å². The molecule has 1 amide bonds. The summed E-state index contributed by atoms with van der Waals surface area (Å²) in [5.74, 6) is -0.566. The van der Waals surface area contributed by atoms with Gasteiger partial charge in [-0.25, -0.2) is 4.39 Å². The molecule has 1 atom stereocenters. The Balaban J connectivity index is 1.93. The van der Waals surface area contributed by atoms with Gasteiger partial charge in [0.1, 0.15) is 12.4 Å². The average molecular weight is 333 g/mol. The van der Waals surface area contributed by atoms with E-state index in [0.717, 1.165) is 4.90 Å². The number of carbonyl (C=O) groups excluding carboxylic acids is 1. The molecule has 4 nitrogen and oxygen atoms in total. The standard InChI is InChI=1S/C17H15ClFN3O/c1-22(10-14-15(18)3-2-4-16(14)19)11-17(23)21-13-7-5-12(9-20)6-8-13/h2-8H,10-11H2,1H3,(H,21,23)/p+1. The molecule has 0 aromatic heterocycles. The lowest BCUT2D eigenvalue weighted by atomic mass is 10.2. The molecule has 2 aromatic carbocycles. The molecule has 0 saturated carbocycles. The molecule has 0 spiro atoms. The molecule has 0 aliphatic rings. The van der Waals surface area contributed by atoms with Crippen molar-refractivity contribution < 1.29 is 14.1 Å². The number of anilines is 1. The average Bonchev–Trinajstić information content (AvgIpc) is 2.51. The van der Waals surface area contributed by atoms with Gasteiger partial charge in [-0.1, -0.05) is 17.7 Å². The number of carbonyl (C=O) groups is 1. The Morgan fingerprint density at radius 1 is 1.30 bits per heavy atom. The zero-order valence-electron chi connectivity index (χ0n) is 12.6. The van der Waals surface area contributed by atoms with Gasteiger partial charge in [-0.15, -0.1) is 0 Å². The maximum absolute atomic E-state index is 13.7. The van der Waals surface area contributed by atoms with Gasteiger partial charge in [0.25, 0.3) is 5.91 Å². The largest absolute Gasteiger partial charge is 0.326 e. The third kappa shape index (κ3) is 4.78. The molecule has 0 saturated heterocycles. The molecular formula is C17H16ClFN3O+. The van der Waals surface area contributed by atoms with Gasteiger partial charge in [-0.05, 0) is 36.4 Å². The monoisotopic (exact) mass is 332 g/mol. The van der Waals surface area contributed by atoms with Gasteiger partial charge in [0.2, 0.25) is 0 Å². The summed E-state index contributed by atoms with van der Waals surface area (Å²) in [5, 5.41) is 11.8. The molecule has 0 fully saturated rings. The number of amides is 1. The number of halogens is 2. The molecule has 6 heteroatoms. The summed E-state index contributed by atoms with van der Waals surface area (Å²) in [4.78, 5) is 12.8. The fraction of sp³-hybridized carbons (Fsp3) is 0.176. The normalized spacial score (nSPS) is 11.6. The van der Waals surface area contributed by atoms with Crippen LogP contribution in [0.3, 0.4) is 0 Å². The predicted octanol–water partition coefficient (Wildman–Crippen LogP) is 2.00. The SMILES string of the molecule is C[NH+](CC(=O)Nc1ccc(C#N)cc1)Cc1c(F)cccc1Cl. The number of nitrogens with zero attached hydrogens (tertiary/aromatic N) is 1. The van der Waals surface area contributed by atoms with Crippen molar-refractivity contribution in [3.8, 4) is 6.07 Å². The number of benzene rings is 2. The lowest BCUT2D eigenvalue weighted by molar-refractivity contribution is -0.885. The molecule has 118 valence electrons. The van der Waals surface area contributed by atoms with E-state index in [2.05, 4.69) is 5.32 Å². The number of hydrogen-bond donors (Lipinski definition) is 2. The highest BCUT2D eigenvalue weighted by molar-refractivity contribution is 6.31. The molecule has 2 N–H and O–H groups in total. The van der Waals surface area contributed by atoms with Crippen molar-refractivity contribution in [1.29, 1.82) is 5.26 Å². The molecule has 2 rings (SSSR count). The number of hydrogen-bond acceptors (Lipinski definition) is 2. The van der Waals surface area contributed by atoms with Gasteiger partial charge in [0, 0.05) is 5.69 Å². The number of likely N-dealkylation sites (N-methyl/N-ethyl adjacent to an activating group) is 1. The molecule has 0 radical (unpaired) electrons. The minimum absolute atomic E-state index is 0.171. The Morgan fingerprint density at radius 3 is 2.61 bits per heavy atom. The molecule has 0 aliphatic heterocycles. The summed E-state index contributed by atoms with van der Waals surface area (Å²) < 4.78 is 13.7. The van der Waals surface area contributed by atoms with Crippen molar-refractivity contribution in [2.24, 2.45) is 0 Å². The fourth-order valence-electron chi connectivity index (χ4n) is 2.17. The first-order chi connectivity index (χ1) is 11.0. The van der Waals surface area contributed by atoms with Gasteiger partial charge >= 0.3 is 0 Å². The van der Waals surface area contributed by atoms with E-state index in [1.54, 1.807) is 43.4 Å². The van der Waals surface area contributed by atoms with Crippen LogP contribution in [0.4, 0.5) is 10.1 Å². The zero-order valence-corrected chi connectivity index (χ0v) is 13.3. The van der Waals surface area contributed by atoms with Gasteiger partial charge in [0.15, 0.2) is 6.54 Å². The van der Waals surface area contributed by atoms with Crippen molar-refractivity contribution in [2.45, 2.75) is 6.54 Å². The Morgan fingerprint density at radius 2 is 2.00 bits per heavy atom. The van der Waals surface area contributed by atoms with Gasteiger partial charge < -0.3 is 10.2 Å². The van der Waals surface area contributed by atoms with Crippen LogP contribution < -0.4 is 10.2 Å². The Labute approximate surface area is 139 Å². The molecule has 1 unspecified atom stereocenters. The van der Waals surface area contributed by atoms with E-state index < -0.39 is 0 Å². The van der Waals surface area contributed by atoms with Crippen LogP contribution in [0.25, 0.3) is 0 Å². The van der Waals surface area contributed by atoms with E-state index >= 15 is 0 Å². The van der Waals surface area contributed by atoms with Crippen LogP contribution in [0.15, 0.2) is 42.5 Å². The molecule has 0 bridgehead atoms. The molecule has 23 heavy (non-hydrogen) atoms. The smallest absolute Gasteiger partial charge is 0.279 e. The minimum Gasteiger partial charge on any atom is -0.326 e. The summed E-state index contributed by atoms with van der Waals surface area (Å²) in [7, 11) is 1.79. The second kappa shape index (κ2) is 7.73. The summed E-state index contributed by atoms with van der Waals surface area (Å²) in [5.41, 5.74) is 1.54. The zero-order chi connectivity index (χ0) is 16.8. The van der Waals surface area contributed by atoms with Crippen molar-refractivity contribution in [3.05, 3.63) is 64.4 Å². The van der Waals surface area contributed by atoms with Crippen molar-refractivity contribution in [1.82, 2.24) is 0 Å². The number of quaternary nitrogens is 1. The number of rotatable bonds is 5. The maximum atomic E-state index is 13.7. The van der Waals surface area contributed by atoms with Crippen LogP contribution in [0.1, 0.15) is 11.1 Å². The van der Waals surface area contributed by atoms with E-state index in [-0.39, 0.29) is 18.3 Å². The molecule has 0 aliphatic carbocycles. The van der Waals surface area contributed by atoms with Crippen LogP contribution in [0, 0.1) is 17.1 Å². The Hall–Kier alpha value is -2.42. The lowest BCUT2D eigenvalue weighted by Crippen LogP contribution is -3.08. The lowest BCUT2D eigenvalue weighted by Gasteiger charge is -2.15. The second-order valence-electron chi connectivity index (χ2n) is 5.25. The number of nitriles is 1. The van der Waals surface area contributed by atoms with Crippen molar-refractivity contribution in [2.75, 3.05) is 18.9 Å². The third-order valence-corrected chi connectivity index (χ3v) is 3.65. The summed E-state index contributed by atoms with van der Waals surface area (Å²) in [6, 6.07) is 13.1. The highest BCUT2D eigenvalue weighted by atomic mass is 35.5. The third-order valence-electron chi connectivity index (χ3n) is 3.30. The summed E-state index contributed by atoms with van der Waals surface area (Å²) in [6.45, 7) is 0.483. The van der Waals surface area contributed by atoms with Crippen LogP contribution in [0.5, 0.6) is 0 Å². The first-order valence-corrected chi connectivity index (χ1v) is 7.41. The van der Waals surface area contributed by atoms with Gasteiger partial charge in [-0.3, -0.25) is 4.79 Å². The van der Waals surface area contributed by atoms with E-state index in [4.69, 9.17) is 16.9 Å². The summed E-state index contributed by atoms with van der Waals surface area (Å²) in [6.07, 6.45) is 0. The quantitative estimate of drug-likeness (QED) is 0.880. The van der Waals surface area contributed by atoms with Crippen LogP contribution >= 0.6 is 11.6 Å². The first-order valence-electron chi connectivity index (χ1n) is 7.04. The first kappa shape index (κ1) is 16.9. The van der Waals surface area contributed by atoms with E-state index in [9.17, 15) is 9.18 Å². The predicted molar refractivity (Wildman–Crippen MR) is 86.7 cm³/mol. The van der Waals surface area contributed by atoms with Gasteiger partial charge in [-0.2, -0.15) is 5.26 Å². The molecule has 2 aromatic rings. The summed E-state index contributed by atoms with van der Waals surface area (Å²) >= 11 is 5.99. The Kier molecular flexibility index (Phi) is 5.69. The Bertz CT molecular complexity index is 720. The van der Waals surface area contributed by atoms with Crippen LogP contribution in [-0.4, -0.2) is 19.5 Å². The van der Waals surface area contributed by atoms with Crippen molar-refractivity contribution in [3.63, 3.8) is 0 Å². The van der Waals surface area contributed by atoms with E-state index in [0.29, 0.717) is 28.4 Å². The minimum atomic E-state index is -0.371. The highest BCUT2D eigenvalue weighted by Gasteiger charge is 2.15. The van der Waals surface area contributed by atoms with Crippen LogP contribution in [0.2, 0.25) is 5.02 Å². The maximum Gasteiger partial charge on any atom is 0.279 e. The van der Waals surface area contributed by atoms with E-state index in [1.165, 1.54) is 6.07 Å². The fourth-order valence-corrected chi connectivity index (χ4v) is 2.40. The van der Waals surface area contributed by atoms with Crippen LogP contribution in [-0.2, 0) is 11.3 Å². The van der Waals surface area contributed by atoms with E-state index in [1.807, 2.05) is 6.07 Å². The molecule has 0 heterocycles. The topological polar surface area (TPSA) is 57.3 Å². The molecular weight excluding hydrogens is 317 g/mol. The van der Waals surface area contributed by atoms with Gasteiger partial charge in [0.05, 0.1) is 29.3 Å². The highest BCUT2D eigenvalue weighted by Crippen LogP contribution is 2.17.